The highest BCUT2D eigenvalue weighted by molar-refractivity contribution is 5.70. The van der Waals surface area contributed by atoms with Crippen LogP contribution in [0.1, 0.15) is 24.1 Å². The minimum atomic E-state index is -4.51. The molecule has 2 heterocycles. The largest absolute Gasteiger partial charge is 0.507 e. The zero-order chi connectivity index (χ0) is 17.4. The monoisotopic (exact) mass is 339 g/mol. The van der Waals surface area contributed by atoms with Gasteiger partial charge >= 0.3 is 6.18 Å². The van der Waals surface area contributed by atoms with Crippen LogP contribution in [0.4, 0.5) is 13.2 Å². The Bertz CT molecular complexity index is 723. The quantitative estimate of drug-likeness (QED) is 0.879. The number of pyridine rings is 1. The first-order chi connectivity index (χ1) is 11.3. The topological polar surface area (TPSA) is 62.6 Å². The van der Waals surface area contributed by atoms with Gasteiger partial charge in [0.15, 0.2) is 0 Å². The zero-order valence-electron chi connectivity index (χ0n) is 12.7. The molecule has 1 aromatic heterocycles. The van der Waals surface area contributed by atoms with Gasteiger partial charge in [0.25, 0.3) is 0 Å². The smallest absolute Gasteiger partial charge is 0.416 e. The number of benzene rings is 1. The molecule has 0 unspecified atom stereocenters. The van der Waals surface area contributed by atoms with Crippen molar-refractivity contribution < 1.29 is 28.1 Å². The molecule has 0 atom stereocenters. The van der Waals surface area contributed by atoms with E-state index in [0.717, 1.165) is 6.07 Å². The molecule has 0 bridgehead atoms. The van der Waals surface area contributed by atoms with Crippen LogP contribution in [0.2, 0.25) is 0 Å². The molecule has 1 aromatic carbocycles. The molecular formula is C17H16F3NO3. The van der Waals surface area contributed by atoms with Crippen molar-refractivity contribution in [2.24, 2.45) is 0 Å². The third-order valence-corrected chi connectivity index (χ3v) is 4.20. The maximum atomic E-state index is 12.6. The van der Waals surface area contributed by atoms with Crippen LogP contribution in [0.5, 0.6) is 5.75 Å². The van der Waals surface area contributed by atoms with Crippen molar-refractivity contribution in [3.05, 3.63) is 47.8 Å². The summed E-state index contributed by atoms with van der Waals surface area (Å²) in [5.41, 5.74) is -0.758. The van der Waals surface area contributed by atoms with E-state index in [1.807, 2.05) is 0 Å². The number of phenolic OH excluding ortho intramolecular Hbond substituents is 1. The maximum absolute atomic E-state index is 12.6. The summed E-state index contributed by atoms with van der Waals surface area (Å²) in [5.74, 6) is -0.468. The first-order valence-electron chi connectivity index (χ1n) is 7.47. The van der Waals surface area contributed by atoms with E-state index >= 15 is 0 Å². The Kier molecular flexibility index (Phi) is 4.23. The van der Waals surface area contributed by atoms with Gasteiger partial charge in [-0.1, -0.05) is 12.1 Å². The van der Waals surface area contributed by atoms with E-state index in [0.29, 0.717) is 43.4 Å². The number of nitrogens with zero attached hydrogens (tertiary/aromatic N) is 1. The van der Waals surface area contributed by atoms with E-state index in [4.69, 9.17) is 4.74 Å². The second-order valence-electron chi connectivity index (χ2n) is 5.81. The Morgan fingerprint density at radius 1 is 1.08 bits per heavy atom. The molecule has 0 radical (unpaired) electrons. The van der Waals surface area contributed by atoms with Crippen LogP contribution in [0.25, 0.3) is 11.1 Å². The average Bonchev–Trinajstić information content (AvgIpc) is 2.55. The number of hydrogen-bond donors (Lipinski definition) is 2. The van der Waals surface area contributed by atoms with Crippen molar-refractivity contribution >= 4 is 0 Å². The number of aromatic nitrogens is 1. The van der Waals surface area contributed by atoms with Crippen LogP contribution in [0.3, 0.4) is 0 Å². The van der Waals surface area contributed by atoms with Crippen LogP contribution < -0.4 is 0 Å². The lowest BCUT2D eigenvalue weighted by Gasteiger charge is -2.31. The standard InChI is InChI=1S/C17H16F3NO3/c18-17(19,20)12-2-3-13(14(22)9-12)11-1-4-15(21-10-11)16(23)5-7-24-8-6-16/h1-4,9-10,22-23H,5-8H2. The lowest BCUT2D eigenvalue weighted by Crippen LogP contribution is -2.34. The van der Waals surface area contributed by atoms with Crippen molar-refractivity contribution in [3.63, 3.8) is 0 Å². The number of halogens is 3. The van der Waals surface area contributed by atoms with E-state index in [-0.39, 0.29) is 5.56 Å². The van der Waals surface area contributed by atoms with Gasteiger partial charge in [0.1, 0.15) is 11.4 Å². The summed E-state index contributed by atoms with van der Waals surface area (Å²) in [6, 6.07) is 6.05. The van der Waals surface area contributed by atoms with Gasteiger partial charge in [-0.2, -0.15) is 13.2 Å². The molecule has 0 aliphatic carbocycles. The number of ether oxygens (including phenoxy) is 1. The molecule has 3 rings (SSSR count). The molecule has 24 heavy (non-hydrogen) atoms. The molecule has 4 nitrogen and oxygen atoms in total. The number of hydrogen-bond acceptors (Lipinski definition) is 4. The fourth-order valence-electron chi connectivity index (χ4n) is 2.75. The number of rotatable bonds is 2. The SMILES string of the molecule is Oc1cc(C(F)(F)F)ccc1-c1ccc(C2(O)CCOCC2)nc1. The summed E-state index contributed by atoms with van der Waals surface area (Å²) in [7, 11) is 0. The van der Waals surface area contributed by atoms with Crippen LogP contribution >= 0.6 is 0 Å². The van der Waals surface area contributed by atoms with Gasteiger partial charge in [-0.25, -0.2) is 0 Å². The third-order valence-electron chi connectivity index (χ3n) is 4.20. The van der Waals surface area contributed by atoms with E-state index in [1.165, 1.54) is 12.3 Å². The summed E-state index contributed by atoms with van der Waals surface area (Å²) >= 11 is 0. The molecule has 2 aromatic rings. The highest BCUT2D eigenvalue weighted by Crippen LogP contribution is 2.37. The molecule has 2 N–H and O–H groups in total. The molecule has 1 fully saturated rings. The van der Waals surface area contributed by atoms with E-state index < -0.39 is 23.1 Å². The number of aromatic hydroxyl groups is 1. The van der Waals surface area contributed by atoms with Crippen LogP contribution in [0.15, 0.2) is 36.5 Å². The van der Waals surface area contributed by atoms with Crippen molar-refractivity contribution in [2.75, 3.05) is 13.2 Å². The van der Waals surface area contributed by atoms with E-state index in [1.54, 1.807) is 12.1 Å². The van der Waals surface area contributed by atoms with Crippen LogP contribution in [-0.4, -0.2) is 28.4 Å². The Morgan fingerprint density at radius 2 is 1.79 bits per heavy atom. The first-order valence-corrected chi connectivity index (χ1v) is 7.47. The first kappa shape index (κ1) is 16.7. The van der Waals surface area contributed by atoms with Gasteiger partial charge in [0, 0.05) is 43.4 Å². The van der Waals surface area contributed by atoms with Gasteiger partial charge in [0.05, 0.1) is 11.3 Å². The second kappa shape index (κ2) is 6.07. The molecule has 0 saturated carbocycles. The van der Waals surface area contributed by atoms with Crippen LogP contribution in [0, 0.1) is 0 Å². The number of alkyl halides is 3. The molecule has 0 amide bonds. The summed E-state index contributed by atoms with van der Waals surface area (Å²) < 4.78 is 43.1. The molecule has 1 saturated heterocycles. The Hall–Kier alpha value is -2.12. The lowest BCUT2D eigenvalue weighted by atomic mass is 9.90. The maximum Gasteiger partial charge on any atom is 0.416 e. The number of phenols is 1. The summed E-state index contributed by atoms with van der Waals surface area (Å²) in [5, 5.41) is 20.5. The summed E-state index contributed by atoms with van der Waals surface area (Å²) in [6.45, 7) is 0.888. The minimum Gasteiger partial charge on any atom is -0.507 e. The minimum absolute atomic E-state index is 0.251. The molecule has 0 spiro atoms. The number of aliphatic hydroxyl groups is 1. The fraction of sp³-hybridized carbons (Fsp3) is 0.353. The van der Waals surface area contributed by atoms with Crippen LogP contribution in [-0.2, 0) is 16.5 Å². The summed E-state index contributed by atoms with van der Waals surface area (Å²) in [6.07, 6.45) is -2.20. The molecule has 1 aliphatic heterocycles. The van der Waals surface area contributed by atoms with Crippen molar-refractivity contribution in [1.82, 2.24) is 4.98 Å². The Labute approximate surface area is 136 Å². The molecule has 128 valence electrons. The molecule has 1 aliphatic rings. The summed E-state index contributed by atoms with van der Waals surface area (Å²) in [4.78, 5) is 4.22. The predicted octanol–water partition coefficient (Wildman–Crippen LogP) is 3.47. The molecular weight excluding hydrogens is 323 g/mol. The Balaban J connectivity index is 1.88. The van der Waals surface area contributed by atoms with Gasteiger partial charge < -0.3 is 14.9 Å². The van der Waals surface area contributed by atoms with Gasteiger partial charge in [-0.3, -0.25) is 4.98 Å². The van der Waals surface area contributed by atoms with Crippen molar-refractivity contribution in [3.8, 4) is 16.9 Å². The third kappa shape index (κ3) is 3.22. The van der Waals surface area contributed by atoms with E-state index in [2.05, 4.69) is 4.98 Å². The average molecular weight is 339 g/mol. The van der Waals surface area contributed by atoms with E-state index in [9.17, 15) is 23.4 Å². The second-order valence-corrected chi connectivity index (χ2v) is 5.81. The predicted molar refractivity (Wildman–Crippen MR) is 80.3 cm³/mol. The van der Waals surface area contributed by atoms with Gasteiger partial charge in [-0.05, 0) is 18.2 Å². The van der Waals surface area contributed by atoms with Gasteiger partial charge in [-0.15, -0.1) is 0 Å². The fourth-order valence-corrected chi connectivity index (χ4v) is 2.75. The normalized spacial score (nSPS) is 17.7. The zero-order valence-corrected chi connectivity index (χ0v) is 12.7. The lowest BCUT2D eigenvalue weighted by molar-refractivity contribution is -0.137. The Morgan fingerprint density at radius 3 is 2.33 bits per heavy atom. The highest BCUT2D eigenvalue weighted by atomic mass is 19.4. The van der Waals surface area contributed by atoms with Gasteiger partial charge in [0.2, 0.25) is 0 Å². The molecule has 7 heteroatoms. The van der Waals surface area contributed by atoms with Crippen molar-refractivity contribution in [1.29, 1.82) is 0 Å². The van der Waals surface area contributed by atoms with Crippen molar-refractivity contribution in [2.45, 2.75) is 24.6 Å². The highest BCUT2D eigenvalue weighted by Gasteiger charge is 2.33.